The van der Waals surface area contributed by atoms with Gasteiger partial charge in [-0.05, 0) is 47.5 Å². The van der Waals surface area contributed by atoms with Gasteiger partial charge in [0.15, 0.2) is 0 Å². The molecule has 0 amide bonds. The highest BCUT2D eigenvalue weighted by molar-refractivity contribution is 5.90. The molecule has 3 rings (SSSR count). The van der Waals surface area contributed by atoms with E-state index in [9.17, 15) is 14.7 Å². The predicted molar refractivity (Wildman–Crippen MR) is 86.8 cm³/mol. The van der Waals surface area contributed by atoms with Crippen LogP contribution in [0.15, 0.2) is 60.8 Å². The number of aromatic carboxylic acids is 2. The van der Waals surface area contributed by atoms with Gasteiger partial charge in [-0.25, -0.2) is 14.6 Å². The molecule has 118 valence electrons. The second-order valence-corrected chi connectivity index (χ2v) is 5.03. The fraction of sp³-hybridized carbons (Fsp3) is 0. The number of rotatable bonds is 4. The molecule has 24 heavy (non-hydrogen) atoms. The molecule has 6 nitrogen and oxygen atoms in total. The number of carboxylic acid groups (broad SMARTS) is 2. The Morgan fingerprint density at radius 3 is 2.12 bits per heavy atom. The highest BCUT2D eigenvalue weighted by atomic mass is 16.4. The molecule has 0 spiro atoms. The van der Waals surface area contributed by atoms with Crippen molar-refractivity contribution in [3.05, 3.63) is 72.1 Å². The lowest BCUT2D eigenvalue weighted by Gasteiger charge is -2.07. The maximum atomic E-state index is 11.4. The van der Waals surface area contributed by atoms with Gasteiger partial charge >= 0.3 is 11.9 Å². The van der Waals surface area contributed by atoms with Crippen LogP contribution in [0, 0.1) is 0 Å². The van der Waals surface area contributed by atoms with E-state index in [0.717, 1.165) is 0 Å². The number of nitrogens with zero attached hydrogens (tertiary/aromatic N) is 2. The van der Waals surface area contributed by atoms with Gasteiger partial charge in [-0.2, -0.15) is 0 Å². The summed E-state index contributed by atoms with van der Waals surface area (Å²) in [7, 11) is 0. The van der Waals surface area contributed by atoms with Crippen molar-refractivity contribution >= 4 is 11.9 Å². The minimum absolute atomic E-state index is 0.101. The number of hydrogen-bond acceptors (Lipinski definition) is 4. The molecule has 0 unspecified atom stereocenters. The zero-order chi connectivity index (χ0) is 17.1. The topological polar surface area (TPSA) is 100 Å². The van der Waals surface area contributed by atoms with E-state index in [1.165, 1.54) is 18.2 Å². The minimum Gasteiger partial charge on any atom is -0.478 e. The average Bonchev–Trinajstić information content (AvgIpc) is 2.62. The largest absolute Gasteiger partial charge is 0.478 e. The van der Waals surface area contributed by atoms with Crippen LogP contribution < -0.4 is 0 Å². The quantitative estimate of drug-likeness (QED) is 0.765. The summed E-state index contributed by atoms with van der Waals surface area (Å²) in [6.07, 6.45) is 1.60. The molecule has 3 aromatic rings. The van der Waals surface area contributed by atoms with E-state index in [4.69, 9.17) is 5.11 Å². The normalized spacial score (nSPS) is 10.3. The van der Waals surface area contributed by atoms with Gasteiger partial charge in [0.1, 0.15) is 5.69 Å². The molecule has 2 N–H and O–H groups in total. The number of pyridine rings is 2. The van der Waals surface area contributed by atoms with Crippen molar-refractivity contribution in [2.45, 2.75) is 0 Å². The van der Waals surface area contributed by atoms with Gasteiger partial charge in [0, 0.05) is 6.20 Å². The van der Waals surface area contributed by atoms with Crippen molar-refractivity contribution in [1.82, 2.24) is 9.97 Å². The lowest BCUT2D eigenvalue weighted by atomic mass is 10.0. The van der Waals surface area contributed by atoms with E-state index in [-0.39, 0.29) is 11.3 Å². The second-order valence-electron chi connectivity index (χ2n) is 5.03. The zero-order valence-electron chi connectivity index (χ0n) is 12.4. The van der Waals surface area contributed by atoms with Gasteiger partial charge < -0.3 is 10.2 Å². The van der Waals surface area contributed by atoms with Crippen molar-refractivity contribution in [3.63, 3.8) is 0 Å². The van der Waals surface area contributed by atoms with Crippen LogP contribution in [0.1, 0.15) is 20.8 Å². The van der Waals surface area contributed by atoms with Gasteiger partial charge in [-0.1, -0.05) is 18.2 Å². The fourth-order valence-electron chi connectivity index (χ4n) is 2.26. The Bertz CT molecular complexity index is 906. The van der Waals surface area contributed by atoms with Crippen LogP contribution in [0.4, 0.5) is 0 Å². The van der Waals surface area contributed by atoms with E-state index < -0.39 is 11.9 Å². The maximum Gasteiger partial charge on any atom is 0.354 e. The smallest absolute Gasteiger partial charge is 0.354 e. The van der Waals surface area contributed by atoms with E-state index in [0.29, 0.717) is 22.5 Å². The molecule has 2 heterocycles. The molecule has 0 bridgehead atoms. The van der Waals surface area contributed by atoms with Gasteiger partial charge in [0.05, 0.1) is 17.0 Å². The molecule has 0 aliphatic rings. The first kappa shape index (κ1) is 15.4. The van der Waals surface area contributed by atoms with Crippen LogP contribution in [0.3, 0.4) is 0 Å². The Kier molecular flexibility index (Phi) is 4.03. The van der Waals surface area contributed by atoms with Gasteiger partial charge in [0.25, 0.3) is 0 Å². The van der Waals surface area contributed by atoms with Crippen LogP contribution in [0.2, 0.25) is 0 Å². The maximum absolute atomic E-state index is 11.4. The van der Waals surface area contributed by atoms with Crippen LogP contribution in [-0.4, -0.2) is 32.1 Å². The lowest BCUT2D eigenvalue weighted by molar-refractivity contribution is 0.0682. The summed E-state index contributed by atoms with van der Waals surface area (Å²) >= 11 is 0. The van der Waals surface area contributed by atoms with E-state index in [1.54, 1.807) is 42.6 Å². The summed E-state index contributed by atoms with van der Waals surface area (Å²) in [5.74, 6) is -2.16. The number of benzene rings is 1. The minimum atomic E-state index is -1.14. The van der Waals surface area contributed by atoms with E-state index in [1.807, 2.05) is 0 Å². The number of aromatic nitrogens is 2. The summed E-state index contributed by atoms with van der Waals surface area (Å²) in [6, 6.07) is 14.7. The van der Waals surface area contributed by atoms with Gasteiger partial charge in [0.2, 0.25) is 0 Å². The molecule has 0 atom stereocenters. The second kappa shape index (κ2) is 6.29. The van der Waals surface area contributed by atoms with E-state index >= 15 is 0 Å². The van der Waals surface area contributed by atoms with E-state index in [2.05, 4.69) is 9.97 Å². The number of hydrogen-bond donors (Lipinski definition) is 2. The predicted octanol–water partition coefficient (Wildman–Crippen LogP) is 3.21. The summed E-state index contributed by atoms with van der Waals surface area (Å²) < 4.78 is 0. The molecule has 0 aliphatic carbocycles. The first-order chi connectivity index (χ1) is 11.5. The lowest BCUT2D eigenvalue weighted by Crippen LogP contribution is -2.02. The highest BCUT2D eigenvalue weighted by Gasteiger charge is 2.12. The summed E-state index contributed by atoms with van der Waals surface area (Å²) in [5.41, 5.74) is 2.38. The van der Waals surface area contributed by atoms with Crippen molar-refractivity contribution < 1.29 is 19.8 Å². The molecule has 0 saturated heterocycles. The summed E-state index contributed by atoms with van der Waals surface area (Å²) in [5, 5.41) is 18.2. The molecular formula is C18H12N2O4. The molecule has 0 fully saturated rings. The van der Waals surface area contributed by atoms with Crippen molar-refractivity contribution in [2.75, 3.05) is 0 Å². The monoisotopic (exact) mass is 320 g/mol. The van der Waals surface area contributed by atoms with Crippen molar-refractivity contribution in [1.29, 1.82) is 0 Å². The Morgan fingerprint density at radius 2 is 1.54 bits per heavy atom. The Labute approximate surface area is 137 Å². The van der Waals surface area contributed by atoms with Crippen molar-refractivity contribution in [2.24, 2.45) is 0 Å². The Balaban J connectivity index is 2.12. The summed E-state index contributed by atoms with van der Waals surface area (Å²) in [4.78, 5) is 30.6. The number of carboxylic acids is 2. The fourth-order valence-corrected chi connectivity index (χ4v) is 2.26. The zero-order valence-corrected chi connectivity index (χ0v) is 12.4. The molecular weight excluding hydrogens is 308 g/mol. The molecule has 6 heteroatoms. The first-order valence-corrected chi connectivity index (χ1v) is 7.05. The third-order valence-corrected chi connectivity index (χ3v) is 3.44. The third kappa shape index (κ3) is 3.12. The molecule has 0 aliphatic heterocycles. The highest BCUT2D eigenvalue weighted by Crippen LogP contribution is 2.25. The Hall–Kier alpha value is -3.54. The molecule has 0 radical (unpaired) electrons. The van der Waals surface area contributed by atoms with Crippen LogP contribution in [-0.2, 0) is 0 Å². The van der Waals surface area contributed by atoms with Crippen LogP contribution >= 0.6 is 0 Å². The number of carbonyl (C=O) groups is 2. The Morgan fingerprint density at radius 1 is 0.792 bits per heavy atom. The molecule has 0 saturated carbocycles. The molecule has 1 aromatic carbocycles. The first-order valence-electron chi connectivity index (χ1n) is 7.05. The van der Waals surface area contributed by atoms with Crippen LogP contribution in [0.5, 0.6) is 0 Å². The van der Waals surface area contributed by atoms with Crippen molar-refractivity contribution in [3.8, 4) is 22.5 Å². The standard InChI is InChI=1S/C18H12N2O4/c21-17(22)12-6-4-11(5-7-12)13-9-15(14-3-1-2-8-19-14)20-16(10-13)18(23)24/h1-10H,(H,21,22)(H,23,24). The van der Waals surface area contributed by atoms with Crippen LogP contribution in [0.25, 0.3) is 22.5 Å². The SMILES string of the molecule is O=C(O)c1ccc(-c2cc(C(=O)O)nc(-c3ccccn3)c2)cc1. The molecule has 2 aromatic heterocycles. The summed E-state index contributed by atoms with van der Waals surface area (Å²) in [6.45, 7) is 0. The third-order valence-electron chi connectivity index (χ3n) is 3.44. The van der Waals surface area contributed by atoms with Gasteiger partial charge in [-0.3, -0.25) is 4.98 Å². The van der Waals surface area contributed by atoms with Gasteiger partial charge in [-0.15, -0.1) is 0 Å². The average molecular weight is 320 g/mol.